The number of nitrogens with zero attached hydrogens (tertiary/aromatic N) is 2. The fourth-order valence-corrected chi connectivity index (χ4v) is 3.15. The Bertz CT molecular complexity index is 1100. The molecule has 0 aliphatic rings. The minimum absolute atomic E-state index is 0.188. The molecule has 4 aromatic rings. The number of benzene rings is 2. The molecular formula is C19H13FN4O2S. The maximum atomic E-state index is 13.1. The monoisotopic (exact) mass is 380 g/mol. The van der Waals surface area contributed by atoms with Crippen LogP contribution in [0.5, 0.6) is 0 Å². The summed E-state index contributed by atoms with van der Waals surface area (Å²) in [7, 11) is 0. The van der Waals surface area contributed by atoms with E-state index >= 15 is 0 Å². The molecule has 0 bridgehead atoms. The van der Waals surface area contributed by atoms with Gasteiger partial charge in [-0.2, -0.15) is 5.10 Å². The van der Waals surface area contributed by atoms with Crippen LogP contribution in [0.2, 0.25) is 0 Å². The molecule has 8 heteroatoms. The van der Waals surface area contributed by atoms with Crippen molar-refractivity contribution in [3.05, 3.63) is 77.8 Å². The third-order valence-corrected chi connectivity index (χ3v) is 4.42. The summed E-state index contributed by atoms with van der Waals surface area (Å²) in [4.78, 5) is 19.6. The number of hydrazone groups is 1. The third-order valence-electron chi connectivity index (χ3n) is 3.61. The first-order valence-corrected chi connectivity index (χ1v) is 8.80. The van der Waals surface area contributed by atoms with Crippen LogP contribution in [0.4, 0.5) is 4.39 Å². The molecule has 2 aromatic carbocycles. The lowest BCUT2D eigenvalue weighted by atomic mass is 10.2. The number of nitrogens with one attached hydrogen (secondary N) is 2. The van der Waals surface area contributed by atoms with Gasteiger partial charge in [0.1, 0.15) is 11.6 Å². The number of rotatable bonds is 5. The number of imidazole rings is 1. The zero-order valence-electron chi connectivity index (χ0n) is 13.8. The summed E-state index contributed by atoms with van der Waals surface area (Å²) in [6.45, 7) is 0. The Morgan fingerprint density at radius 2 is 2.07 bits per heavy atom. The quantitative estimate of drug-likeness (QED) is 0.401. The highest BCUT2D eigenvalue weighted by atomic mass is 32.2. The lowest BCUT2D eigenvalue weighted by Gasteiger charge is -1.98. The van der Waals surface area contributed by atoms with Crippen LogP contribution in [0.3, 0.4) is 0 Å². The van der Waals surface area contributed by atoms with Crippen molar-refractivity contribution in [2.24, 2.45) is 5.10 Å². The number of fused-ring (bicyclic) bond motifs is 1. The molecule has 0 atom stereocenters. The normalized spacial score (nSPS) is 11.3. The van der Waals surface area contributed by atoms with Crippen molar-refractivity contribution in [1.29, 1.82) is 0 Å². The van der Waals surface area contributed by atoms with Crippen molar-refractivity contribution in [1.82, 2.24) is 15.4 Å². The number of aromatic amines is 1. The Morgan fingerprint density at radius 1 is 1.19 bits per heavy atom. The highest BCUT2D eigenvalue weighted by Gasteiger charge is 2.08. The van der Waals surface area contributed by atoms with Crippen molar-refractivity contribution >= 4 is 34.9 Å². The van der Waals surface area contributed by atoms with E-state index in [-0.39, 0.29) is 5.56 Å². The maximum absolute atomic E-state index is 13.1. The summed E-state index contributed by atoms with van der Waals surface area (Å²) in [5.74, 6) is -0.521. The Kier molecular flexibility index (Phi) is 4.71. The molecule has 0 radical (unpaired) electrons. The molecule has 27 heavy (non-hydrogen) atoms. The van der Waals surface area contributed by atoms with Crippen LogP contribution < -0.4 is 5.43 Å². The van der Waals surface area contributed by atoms with E-state index in [0.29, 0.717) is 16.0 Å². The van der Waals surface area contributed by atoms with Gasteiger partial charge in [0.2, 0.25) is 0 Å². The predicted molar refractivity (Wildman–Crippen MR) is 100 cm³/mol. The lowest BCUT2D eigenvalue weighted by Crippen LogP contribution is -2.17. The Hall–Kier alpha value is -3.39. The van der Waals surface area contributed by atoms with Crippen LogP contribution in [0.15, 0.2) is 80.4 Å². The SMILES string of the molecule is O=C(N/N=C\c1ccc(Sc2nc3ccccc3[nH]2)o1)c1cccc(F)c1. The molecule has 0 saturated heterocycles. The number of carbonyl (C=O) groups excluding carboxylic acids is 1. The summed E-state index contributed by atoms with van der Waals surface area (Å²) < 4.78 is 18.8. The van der Waals surface area contributed by atoms with Gasteiger partial charge in [0, 0.05) is 5.56 Å². The largest absolute Gasteiger partial charge is 0.448 e. The van der Waals surface area contributed by atoms with Crippen LogP contribution >= 0.6 is 11.8 Å². The second-order valence-electron chi connectivity index (χ2n) is 5.53. The third kappa shape index (κ3) is 4.06. The minimum Gasteiger partial charge on any atom is -0.448 e. The number of furan rings is 1. The van der Waals surface area contributed by atoms with Gasteiger partial charge in [-0.05, 0) is 54.2 Å². The summed E-state index contributed by atoms with van der Waals surface area (Å²) in [6, 6.07) is 16.6. The highest BCUT2D eigenvalue weighted by molar-refractivity contribution is 7.99. The fourth-order valence-electron chi connectivity index (χ4n) is 2.38. The number of hydrogen-bond donors (Lipinski definition) is 2. The number of hydrogen-bond acceptors (Lipinski definition) is 5. The van der Waals surface area contributed by atoms with Gasteiger partial charge in [-0.25, -0.2) is 14.8 Å². The van der Waals surface area contributed by atoms with Crippen LogP contribution in [0.1, 0.15) is 16.1 Å². The summed E-state index contributed by atoms with van der Waals surface area (Å²) in [5, 5.41) is 5.18. The maximum Gasteiger partial charge on any atom is 0.271 e. The van der Waals surface area contributed by atoms with E-state index < -0.39 is 11.7 Å². The van der Waals surface area contributed by atoms with Crippen molar-refractivity contribution in [2.45, 2.75) is 10.2 Å². The molecule has 0 unspecified atom stereocenters. The van der Waals surface area contributed by atoms with Crippen LogP contribution in [0, 0.1) is 5.82 Å². The van der Waals surface area contributed by atoms with Gasteiger partial charge in [0.15, 0.2) is 10.2 Å². The number of carbonyl (C=O) groups is 1. The molecule has 1 amide bonds. The molecule has 0 aliphatic heterocycles. The molecule has 4 rings (SSSR count). The van der Waals surface area contributed by atoms with E-state index in [2.05, 4.69) is 20.5 Å². The van der Waals surface area contributed by atoms with Gasteiger partial charge in [-0.15, -0.1) is 0 Å². The molecule has 134 valence electrons. The topological polar surface area (TPSA) is 83.3 Å². The Labute approximate surface area is 157 Å². The van der Waals surface area contributed by atoms with Gasteiger partial charge >= 0.3 is 0 Å². The lowest BCUT2D eigenvalue weighted by molar-refractivity contribution is 0.0954. The van der Waals surface area contributed by atoms with Crippen LogP contribution in [-0.4, -0.2) is 22.1 Å². The van der Waals surface area contributed by atoms with E-state index in [1.54, 1.807) is 12.1 Å². The van der Waals surface area contributed by atoms with E-state index in [9.17, 15) is 9.18 Å². The van der Waals surface area contributed by atoms with Gasteiger partial charge in [-0.3, -0.25) is 4.79 Å². The predicted octanol–water partition coefficient (Wildman–Crippen LogP) is 4.21. The van der Waals surface area contributed by atoms with E-state index in [1.165, 1.54) is 36.2 Å². The molecular weight excluding hydrogens is 367 g/mol. The Morgan fingerprint density at radius 3 is 2.93 bits per heavy atom. The standard InChI is InChI=1S/C19H13FN4O2S/c20-13-5-3-4-12(10-13)18(25)24-21-11-14-8-9-17(26-14)27-19-22-15-6-1-2-7-16(15)23-19/h1-11H,(H,22,23)(H,24,25)/b21-11-. The number of amides is 1. The van der Waals surface area contributed by atoms with Gasteiger partial charge in [0.05, 0.1) is 17.2 Å². The highest BCUT2D eigenvalue weighted by Crippen LogP contribution is 2.28. The second kappa shape index (κ2) is 7.46. The average Bonchev–Trinajstić information content (AvgIpc) is 3.28. The molecule has 0 spiro atoms. The molecule has 0 saturated carbocycles. The Balaban J connectivity index is 1.39. The van der Waals surface area contributed by atoms with Crippen molar-refractivity contribution in [3.8, 4) is 0 Å². The first-order valence-electron chi connectivity index (χ1n) is 7.99. The van der Waals surface area contributed by atoms with Crippen LogP contribution in [0.25, 0.3) is 11.0 Å². The van der Waals surface area contributed by atoms with Gasteiger partial charge in [-0.1, -0.05) is 18.2 Å². The minimum atomic E-state index is -0.505. The van der Waals surface area contributed by atoms with Crippen molar-refractivity contribution < 1.29 is 13.6 Å². The summed E-state index contributed by atoms with van der Waals surface area (Å²) in [5.41, 5.74) is 4.35. The summed E-state index contributed by atoms with van der Waals surface area (Å²) >= 11 is 1.35. The van der Waals surface area contributed by atoms with E-state index in [0.717, 1.165) is 17.1 Å². The van der Waals surface area contributed by atoms with E-state index in [4.69, 9.17) is 4.42 Å². The number of aromatic nitrogens is 2. The zero-order valence-corrected chi connectivity index (χ0v) is 14.7. The molecule has 2 aromatic heterocycles. The molecule has 2 N–H and O–H groups in total. The second-order valence-corrected chi connectivity index (χ2v) is 6.52. The van der Waals surface area contributed by atoms with E-state index in [1.807, 2.05) is 24.3 Å². The van der Waals surface area contributed by atoms with Crippen molar-refractivity contribution in [2.75, 3.05) is 0 Å². The molecule has 0 aliphatic carbocycles. The average molecular weight is 380 g/mol. The molecule has 0 fully saturated rings. The first kappa shape index (κ1) is 17.0. The number of H-pyrrole nitrogens is 1. The fraction of sp³-hybridized carbons (Fsp3) is 0. The smallest absolute Gasteiger partial charge is 0.271 e. The molecule has 6 nitrogen and oxygen atoms in total. The van der Waals surface area contributed by atoms with Gasteiger partial charge < -0.3 is 9.40 Å². The van der Waals surface area contributed by atoms with Gasteiger partial charge in [0.25, 0.3) is 5.91 Å². The molecule has 2 heterocycles. The first-order chi connectivity index (χ1) is 13.2. The summed E-state index contributed by atoms with van der Waals surface area (Å²) in [6.07, 6.45) is 1.37. The van der Waals surface area contributed by atoms with Crippen LogP contribution in [-0.2, 0) is 0 Å². The van der Waals surface area contributed by atoms with Crippen molar-refractivity contribution in [3.63, 3.8) is 0 Å². The number of halogens is 1. The number of para-hydroxylation sites is 2. The zero-order chi connectivity index (χ0) is 18.6.